The normalized spacial score (nSPS) is 18.6. The maximum atomic E-state index is 11.8. The molecule has 1 aliphatic carbocycles. The summed E-state index contributed by atoms with van der Waals surface area (Å²) in [6, 6.07) is 9.09. The number of benzene rings is 1. The first-order chi connectivity index (χ1) is 8.22. The molecule has 0 aliphatic heterocycles. The molecule has 3 heteroatoms. The summed E-state index contributed by atoms with van der Waals surface area (Å²) in [7, 11) is 1.55. The van der Waals surface area contributed by atoms with E-state index in [-0.39, 0.29) is 11.5 Å². The highest BCUT2D eigenvalue weighted by Crippen LogP contribution is 2.26. The van der Waals surface area contributed by atoms with Gasteiger partial charge >= 0.3 is 0 Å². The second-order valence-electron chi connectivity index (χ2n) is 3.87. The molecule has 17 heavy (non-hydrogen) atoms. The molecule has 1 N–H and O–H groups in total. The van der Waals surface area contributed by atoms with E-state index in [1.807, 2.05) is 18.2 Å². The number of aliphatic hydroxyl groups is 1. The van der Waals surface area contributed by atoms with Gasteiger partial charge in [-0.25, -0.2) is 0 Å². The third-order valence-corrected chi connectivity index (χ3v) is 2.81. The quantitative estimate of drug-likeness (QED) is 0.627. The lowest BCUT2D eigenvalue weighted by Crippen LogP contribution is -2.10. The Morgan fingerprint density at radius 3 is 2.53 bits per heavy atom. The van der Waals surface area contributed by atoms with Gasteiger partial charge in [0.25, 0.3) is 0 Å². The molecule has 0 aromatic heterocycles. The molecule has 3 nitrogen and oxygen atoms in total. The third-order valence-electron chi connectivity index (χ3n) is 2.81. The Morgan fingerprint density at radius 2 is 1.94 bits per heavy atom. The Bertz CT molecular complexity index is 483. The van der Waals surface area contributed by atoms with E-state index >= 15 is 0 Å². The van der Waals surface area contributed by atoms with Crippen molar-refractivity contribution < 1.29 is 14.6 Å². The minimum atomic E-state index is -0.172. The van der Waals surface area contributed by atoms with Gasteiger partial charge in [-0.3, -0.25) is 4.79 Å². The third kappa shape index (κ3) is 2.38. The summed E-state index contributed by atoms with van der Waals surface area (Å²) in [5.74, 6) is 0.566. The number of carbonyl (C=O) groups excluding carboxylic acids is 1. The van der Waals surface area contributed by atoms with E-state index in [4.69, 9.17) is 4.74 Å². The Hall–Kier alpha value is -2.03. The molecule has 1 aromatic carbocycles. The number of hydrogen-bond donors (Lipinski definition) is 1. The molecular formula is C14H14O3. The smallest absolute Gasteiger partial charge is 0.188 e. The van der Waals surface area contributed by atoms with Gasteiger partial charge in [-0.05, 0) is 6.42 Å². The number of rotatable bonds is 2. The molecule has 0 bridgehead atoms. The standard InChI is InChI=1S/C14H14O3/c1-17-11-7-8-12(13(15)9-11)14(16)10-5-3-2-4-6-10/h2-6,9,16H,7-8H2,1H3. The van der Waals surface area contributed by atoms with Crippen molar-refractivity contribution in [2.45, 2.75) is 12.8 Å². The maximum Gasteiger partial charge on any atom is 0.188 e. The SMILES string of the molecule is COC1=CC(=O)C(=C(O)c2ccccc2)CC1. The molecule has 0 fully saturated rings. The maximum absolute atomic E-state index is 11.8. The first-order valence-corrected chi connectivity index (χ1v) is 5.49. The minimum absolute atomic E-state index is 0.0713. The monoisotopic (exact) mass is 230 g/mol. The average Bonchev–Trinajstić information content (AvgIpc) is 2.39. The van der Waals surface area contributed by atoms with Crippen LogP contribution in [0.5, 0.6) is 0 Å². The van der Waals surface area contributed by atoms with Gasteiger partial charge in [0.2, 0.25) is 0 Å². The van der Waals surface area contributed by atoms with E-state index in [9.17, 15) is 9.90 Å². The fourth-order valence-electron chi connectivity index (χ4n) is 1.84. The Balaban J connectivity index is 2.35. The number of hydrogen-bond acceptors (Lipinski definition) is 3. The van der Waals surface area contributed by atoms with E-state index < -0.39 is 0 Å². The number of ketones is 1. The van der Waals surface area contributed by atoms with E-state index in [1.165, 1.54) is 6.08 Å². The molecule has 0 amide bonds. The van der Waals surface area contributed by atoms with Gasteiger partial charge in [-0.1, -0.05) is 30.3 Å². The van der Waals surface area contributed by atoms with Crippen LogP contribution >= 0.6 is 0 Å². The van der Waals surface area contributed by atoms with Gasteiger partial charge in [0.05, 0.1) is 12.9 Å². The summed E-state index contributed by atoms with van der Waals surface area (Å²) >= 11 is 0. The van der Waals surface area contributed by atoms with Crippen LogP contribution < -0.4 is 0 Å². The Kier molecular flexibility index (Phi) is 3.28. The van der Waals surface area contributed by atoms with Crippen molar-refractivity contribution in [3.63, 3.8) is 0 Å². The van der Waals surface area contributed by atoms with Gasteiger partial charge in [-0.2, -0.15) is 0 Å². The summed E-state index contributed by atoms with van der Waals surface area (Å²) in [5.41, 5.74) is 1.13. The van der Waals surface area contributed by atoms with E-state index in [1.54, 1.807) is 19.2 Å². The van der Waals surface area contributed by atoms with Crippen LogP contribution in [-0.4, -0.2) is 18.0 Å². The molecule has 0 spiro atoms. The van der Waals surface area contributed by atoms with Crippen molar-refractivity contribution in [2.24, 2.45) is 0 Å². The number of carbonyl (C=O) groups is 1. The number of aliphatic hydroxyl groups excluding tert-OH is 1. The second-order valence-corrected chi connectivity index (χ2v) is 3.87. The average molecular weight is 230 g/mol. The van der Waals surface area contributed by atoms with Crippen molar-refractivity contribution in [1.82, 2.24) is 0 Å². The van der Waals surface area contributed by atoms with Crippen LogP contribution in [0.15, 0.2) is 47.7 Å². The van der Waals surface area contributed by atoms with E-state index in [0.717, 1.165) is 0 Å². The summed E-state index contributed by atoms with van der Waals surface area (Å²) < 4.78 is 5.03. The summed E-state index contributed by atoms with van der Waals surface area (Å²) in [4.78, 5) is 11.8. The molecule has 0 atom stereocenters. The molecule has 0 unspecified atom stereocenters. The zero-order chi connectivity index (χ0) is 12.3. The summed E-state index contributed by atoms with van der Waals surface area (Å²) in [5, 5.41) is 10.1. The molecule has 1 aliphatic rings. The Labute approximate surface area is 100 Å². The first-order valence-electron chi connectivity index (χ1n) is 5.49. The van der Waals surface area contributed by atoms with E-state index in [2.05, 4.69) is 0 Å². The molecule has 0 saturated heterocycles. The van der Waals surface area contributed by atoms with Crippen molar-refractivity contribution in [2.75, 3.05) is 7.11 Å². The fourth-order valence-corrected chi connectivity index (χ4v) is 1.84. The van der Waals surface area contributed by atoms with Crippen LogP contribution in [-0.2, 0) is 9.53 Å². The Morgan fingerprint density at radius 1 is 1.24 bits per heavy atom. The van der Waals surface area contributed by atoms with Crippen LogP contribution in [0.3, 0.4) is 0 Å². The van der Waals surface area contributed by atoms with Gasteiger partial charge in [0, 0.05) is 23.6 Å². The topological polar surface area (TPSA) is 46.5 Å². The molecule has 1 aromatic rings. The van der Waals surface area contributed by atoms with Crippen LogP contribution in [0.25, 0.3) is 5.76 Å². The molecule has 0 radical (unpaired) electrons. The highest BCUT2D eigenvalue weighted by molar-refractivity contribution is 6.09. The zero-order valence-corrected chi connectivity index (χ0v) is 9.64. The predicted molar refractivity (Wildman–Crippen MR) is 65.3 cm³/mol. The van der Waals surface area contributed by atoms with Crippen molar-refractivity contribution >= 4 is 11.5 Å². The summed E-state index contributed by atoms with van der Waals surface area (Å²) in [6.45, 7) is 0. The largest absolute Gasteiger partial charge is 0.507 e. The molecular weight excluding hydrogens is 216 g/mol. The van der Waals surface area contributed by atoms with Crippen LogP contribution in [0.2, 0.25) is 0 Å². The lowest BCUT2D eigenvalue weighted by molar-refractivity contribution is -0.112. The van der Waals surface area contributed by atoms with Crippen molar-refractivity contribution in [1.29, 1.82) is 0 Å². The van der Waals surface area contributed by atoms with E-state index in [0.29, 0.717) is 29.7 Å². The number of ether oxygens (including phenoxy) is 1. The molecule has 88 valence electrons. The van der Waals surface area contributed by atoms with Crippen molar-refractivity contribution in [3.05, 3.63) is 53.3 Å². The minimum Gasteiger partial charge on any atom is -0.507 e. The molecule has 2 rings (SSSR count). The van der Waals surface area contributed by atoms with Crippen LogP contribution in [0.4, 0.5) is 0 Å². The van der Waals surface area contributed by atoms with Crippen molar-refractivity contribution in [3.8, 4) is 0 Å². The first kappa shape index (κ1) is 11.5. The summed E-state index contributed by atoms with van der Waals surface area (Å²) in [6.07, 6.45) is 2.60. The molecule has 0 heterocycles. The van der Waals surface area contributed by atoms with Crippen LogP contribution in [0.1, 0.15) is 18.4 Å². The number of methoxy groups -OCH3 is 1. The van der Waals surface area contributed by atoms with Crippen LogP contribution in [0, 0.1) is 0 Å². The second kappa shape index (κ2) is 4.87. The van der Waals surface area contributed by atoms with Gasteiger partial charge < -0.3 is 9.84 Å². The molecule has 0 saturated carbocycles. The highest BCUT2D eigenvalue weighted by atomic mass is 16.5. The number of allylic oxidation sites excluding steroid dienone is 3. The lowest BCUT2D eigenvalue weighted by Gasteiger charge is -2.15. The van der Waals surface area contributed by atoms with Gasteiger partial charge in [-0.15, -0.1) is 0 Å². The van der Waals surface area contributed by atoms with Gasteiger partial charge in [0.15, 0.2) is 5.78 Å². The zero-order valence-electron chi connectivity index (χ0n) is 9.64. The highest BCUT2D eigenvalue weighted by Gasteiger charge is 2.20. The predicted octanol–water partition coefficient (Wildman–Crippen LogP) is 2.85. The fraction of sp³-hybridized carbons (Fsp3) is 0.214. The van der Waals surface area contributed by atoms with Gasteiger partial charge in [0.1, 0.15) is 5.76 Å². The lowest BCUT2D eigenvalue weighted by atomic mass is 9.95.